The highest BCUT2D eigenvalue weighted by atomic mass is 32.1. The second-order valence-electron chi connectivity index (χ2n) is 17.9. The van der Waals surface area contributed by atoms with Crippen LogP contribution in [0.2, 0.25) is 0 Å². The number of likely N-dealkylation sites (N-methyl/N-ethyl adjacent to an activating group) is 1. The minimum Gasteiger partial charge on any atom is -0.461 e. The molecule has 2 fully saturated rings. The Morgan fingerprint density at radius 2 is 1.90 bits per heavy atom. The van der Waals surface area contributed by atoms with Gasteiger partial charge in [0.15, 0.2) is 0 Å². The average Bonchev–Trinajstić information content (AvgIpc) is 3.83. The minimum absolute atomic E-state index is 0.0385. The first-order chi connectivity index (χ1) is 29.6. The van der Waals surface area contributed by atoms with Crippen LogP contribution in [0.25, 0.3) is 33.4 Å². The zero-order chi connectivity index (χ0) is 44.6. The summed E-state index contributed by atoms with van der Waals surface area (Å²) in [6, 6.07) is 7.48. The maximum absolute atomic E-state index is 14.6. The number of hydrazine groups is 1. The predicted molar refractivity (Wildman–Crippen MR) is 238 cm³/mol. The van der Waals surface area contributed by atoms with E-state index in [0.717, 1.165) is 44.7 Å². The van der Waals surface area contributed by atoms with Crippen molar-refractivity contribution in [2.75, 3.05) is 40.9 Å². The van der Waals surface area contributed by atoms with Gasteiger partial charge in [0.2, 0.25) is 5.91 Å². The summed E-state index contributed by atoms with van der Waals surface area (Å²) in [7, 11) is 4.92. The Morgan fingerprint density at radius 1 is 1.15 bits per heavy atom. The van der Waals surface area contributed by atoms with Crippen molar-refractivity contribution in [3.8, 4) is 22.5 Å². The van der Waals surface area contributed by atoms with E-state index >= 15 is 0 Å². The molecule has 4 amide bonds. The van der Waals surface area contributed by atoms with Gasteiger partial charge in [-0.2, -0.15) is 0 Å². The van der Waals surface area contributed by atoms with Crippen LogP contribution >= 0.6 is 11.3 Å². The fraction of sp³-hybridized carbons (Fsp3) is 0.565. The Hall–Kier alpha value is -4.90. The third kappa shape index (κ3) is 8.84. The van der Waals surface area contributed by atoms with Gasteiger partial charge < -0.3 is 33.9 Å². The molecule has 2 N–H and O–H groups in total. The molecule has 3 aliphatic rings. The van der Waals surface area contributed by atoms with Crippen molar-refractivity contribution in [1.82, 2.24) is 40.1 Å². The molecular weight excluding hydrogens is 809 g/mol. The Kier molecular flexibility index (Phi) is 13.4. The number of carbonyl (C=O) groups excluding carboxylic acids is 4. The van der Waals surface area contributed by atoms with E-state index in [1.807, 2.05) is 39.1 Å². The standard InChI is InChI=1S/C46H62N8O7S/c1-11-53-37-17-16-29-20-32(37)33(41(53)31-14-12-18-47-39(31)27(4)59-9)22-46(6,7)28(5)61-44(57)34-15-13-19-54(50-34)43(56)35(21-38-48-36(29)25-62-38)49-42(55)40(26(2)3)51(8)45(58)52-23-30(24-52)60-10/h12,14,16-18,20,25-28,30,34-35,40,50H,11,13,15,19,21-24H2,1-10H3,(H,49,55)/t27-,28-,34-,35-,40-/m0/s1. The number of likely N-dealkylation sites (tertiary alicyclic amines) is 1. The van der Waals surface area contributed by atoms with Crippen LogP contribution in [0.4, 0.5) is 4.79 Å². The minimum atomic E-state index is -1.05. The van der Waals surface area contributed by atoms with Crippen LogP contribution in [-0.2, 0) is 48.0 Å². The molecule has 6 heterocycles. The summed E-state index contributed by atoms with van der Waals surface area (Å²) in [5, 5.41) is 8.16. The molecule has 16 heteroatoms. The molecule has 0 spiro atoms. The smallest absolute Gasteiger partial charge is 0.325 e. The lowest BCUT2D eigenvalue weighted by Gasteiger charge is -2.42. The number of esters is 1. The highest BCUT2D eigenvalue weighted by Gasteiger charge is 2.41. The second-order valence-corrected chi connectivity index (χ2v) is 18.9. The number of carbonyl (C=O) groups is 4. The van der Waals surface area contributed by atoms with E-state index in [1.165, 1.54) is 21.2 Å². The number of urea groups is 1. The second kappa shape index (κ2) is 18.4. The molecule has 62 heavy (non-hydrogen) atoms. The molecule has 0 saturated carbocycles. The largest absolute Gasteiger partial charge is 0.461 e. The van der Waals surface area contributed by atoms with Crippen LogP contribution in [-0.4, -0.2) is 124 Å². The van der Waals surface area contributed by atoms with Crippen molar-refractivity contribution in [2.45, 2.75) is 117 Å². The molecule has 0 radical (unpaired) electrons. The first kappa shape index (κ1) is 45.1. The Bertz CT molecular complexity index is 2300. The SMILES string of the molecule is CCn1c(-c2cccnc2[C@H](C)OC)c2c3cc(ccc31)-c1csc(n1)C[C@H](NC(=O)[C@H](C(C)C)N(C)C(=O)N1CC(OC)C1)C(=O)N1CCC[C@H](N1)C(=O)O[C@@H](C)C(C)(C)C2. The van der Waals surface area contributed by atoms with Gasteiger partial charge in [0.1, 0.15) is 24.2 Å². The number of nitrogens with one attached hydrogen (secondary N) is 2. The molecule has 0 unspecified atom stereocenters. The van der Waals surface area contributed by atoms with Gasteiger partial charge in [-0.05, 0) is 75.8 Å². The maximum atomic E-state index is 14.6. The third-order valence-corrected chi connectivity index (χ3v) is 13.9. The topological polar surface area (TPSA) is 160 Å². The lowest BCUT2D eigenvalue weighted by molar-refractivity contribution is -0.161. The number of benzene rings is 1. The molecule has 6 bridgehead atoms. The molecule has 7 rings (SSSR count). The fourth-order valence-corrected chi connectivity index (χ4v) is 9.80. The number of nitrogens with zero attached hydrogens (tertiary/aromatic N) is 6. The normalized spacial score (nSPS) is 21.9. The Morgan fingerprint density at radius 3 is 2.60 bits per heavy atom. The summed E-state index contributed by atoms with van der Waals surface area (Å²) in [6.45, 7) is 16.0. The summed E-state index contributed by atoms with van der Waals surface area (Å²) < 4.78 is 19.8. The number of pyridine rings is 1. The monoisotopic (exact) mass is 870 g/mol. The molecule has 3 aromatic heterocycles. The third-order valence-electron chi connectivity index (χ3n) is 13.0. The van der Waals surface area contributed by atoms with E-state index in [4.69, 9.17) is 24.2 Å². The first-order valence-corrected chi connectivity index (χ1v) is 22.7. The van der Waals surface area contributed by atoms with Crippen molar-refractivity contribution < 1.29 is 33.4 Å². The lowest BCUT2D eigenvalue weighted by Crippen LogP contribution is -2.64. The molecule has 5 atom stereocenters. The Balaban J connectivity index is 1.30. The van der Waals surface area contributed by atoms with Crippen LogP contribution in [0, 0.1) is 11.3 Å². The van der Waals surface area contributed by atoms with Gasteiger partial charge in [-0.15, -0.1) is 11.3 Å². The predicted octanol–water partition coefficient (Wildman–Crippen LogP) is 6.00. The van der Waals surface area contributed by atoms with Crippen LogP contribution < -0.4 is 10.7 Å². The lowest BCUT2D eigenvalue weighted by atomic mass is 9.79. The highest BCUT2D eigenvalue weighted by Crippen LogP contribution is 2.43. The van der Waals surface area contributed by atoms with Crippen LogP contribution in [0.5, 0.6) is 0 Å². The van der Waals surface area contributed by atoms with Gasteiger partial charge in [-0.3, -0.25) is 24.4 Å². The molecule has 0 aliphatic carbocycles. The van der Waals surface area contributed by atoms with E-state index in [1.54, 1.807) is 32.4 Å². The van der Waals surface area contributed by atoms with Crippen LogP contribution in [0.15, 0.2) is 41.9 Å². The van der Waals surface area contributed by atoms with E-state index in [-0.39, 0.29) is 30.6 Å². The molecule has 4 aromatic rings. The molecule has 334 valence electrons. The number of thiazole rings is 1. The Labute approximate surface area is 368 Å². The summed E-state index contributed by atoms with van der Waals surface area (Å²) in [5.41, 5.74) is 9.32. The van der Waals surface area contributed by atoms with Crippen molar-refractivity contribution in [3.05, 3.63) is 58.2 Å². The van der Waals surface area contributed by atoms with Crippen LogP contribution in [0.3, 0.4) is 0 Å². The quantitative estimate of drug-likeness (QED) is 0.191. The van der Waals surface area contributed by atoms with Gasteiger partial charge in [-0.1, -0.05) is 33.8 Å². The number of rotatable bonds is 9. The fourth-order valence-electron chi connectivity index (χ4n) is 8.95. The molecular formula is C46H62N8O7S. The first-order valence-electron chi connectivity index (χ1n) is 21.8. The number of ether oxygens (including phenoxy) is 3. The van der Waals surface area contributed by atoms with Crippen LogP contribution in [0.1, 0.15) is 83.7 Å². The van der Waals surface area contributed by atoms with E-state index in [2.05, 4.69) is 60.3 Å². The number of hydrogen-bond acceptors (Lipinski definition) is 11. The van der Waals surface area contributed by atoms with E-state index in [0.29, 0.717) is 50.4 Å². The average molecular weight is 871 g/mol. The zero-order valence-electron chi connectivity index (χ0n) is 37.7. The molecule has 15 nitrogen and oxygen atoms in total. The van der Waals surface area contributed by atoms with Gasteiger partial charge in [0.05, 0.1) is 47.4 Å². The van der Waals surface area contributed by atoms with Crippen molar-refractivity contribution in [1.29, 1.82) is 0 Å². The summed E-state index contributed by atoms with van der Waals surface area (Å²) in [6.07, 6.45) is 2.70. The zero-order valence-corrected chi connectivity index (χ0v) is 38.5. The number of fused-ring (bicyclic) bond motifs is 6. The number of aromatic nitrogens is 3. The van der Waals surface area contributed by atoms with Gasteiger partial charge >= 0.3 is 12.0 Å². The number of hydrogen-bond donors (Lipinski definition) is 2. The number of cyclic esters (lactones) is 1. The molecule has 3 aliphatic heterocycles. The van der Waals surface area contributed by atoms with E-state index < -0.39 is 47.4 Å². The number of aryl methyl sites for hydroxylation is 1. The number of amides is 4. The number of methoxy groups -OCH3 is 2. The van der Waals surface area contributed by atoms with E-state index in [9.17, 15) is 19.2 Å². The van der Waals surface area contributed by atoms with Crippen molar-refractivity contribution in [2.24, 2.45) is 11.3 Å². The molecule has 1 aromatic carbocycles. The van der Waals surface area contributed by atoms with Gasteiger partial charge in [-0.25, -0.2) is 15.2 Å². The maximum Gasteiger partial charge on any atom is 0.325 e. The van der Waals surface area contributed by atoms with Gasteiger partial charge in [0, 0.05) is 79.8 Å². The van der Waals surface area contributed by atoms with Crippen molar-refractivity contribution >= 4 is 46.1 Å². The summed E-state index contributed by atoms with van der Waals surface area (Å²) in [4.78, 5) is 69.4. The summed E-state index contributed by atoms with van der Waals surface area (Å²) >= 11 is 1.42. The summed E-state index contributed by atoms with van der Waals surface area (Å²) in [5.74, 6) is -1.56. The molecule has 2 saturated heterocycles. The van der Waals surface area contributed by atoms with Crippen molar-refractivity contribution in [3.63, 3.8) is 0 Å². The highest BCUT2D eigenvalue weighted by molar-refractivity contribution is 7.10. The van der Waals surface area contributed by atoms with Gasteiger partial charge in [0.25, 0.3) is 5.91 Å².